The summed E-state index contributed by atoms with van der Waals surface area (Å²) in [5.41, 5.74) is 3.71. The lowest BCUT2D eigenvalue weighted by Gasteiger charge is -2.35. The van der Waals surface area contributed by atoms with E-state index in [0.717, 1.165) is 4.90 Å². The number of nitrogens with zero attached hydrogens (tertiary/aromatic N) is 2. The van der Waals surface area contributed by atoms with Crippen LogP contribution in [0.15, 0.2) is 47.1 Å². The topological polar surface area (TPSA) is 158 Å². The van der Waals surface area contributed by atoms with Crippen LogP contribution in [-0.2, 0) is 43.5 Å². The lowest BCUT2D eigenvalue weighted by Crippen LogP contribution is -2.49. The first-order valence-corrected chi connectivity index (χ1v) is 11.0. The van der Waals surface area contributed by atoms with Crippen LogP contribution in [0.5, 0.6) is 0 Å². The van der Waals surface area contributed by atoms with Crippen LogP contribution in [0.25, 0.3) is 0 Å². The van der Waals surface area contributed by atoms with Gasteiger partial charge in [0.05, 0.1) is 19.8 Å². The fourth-order valence-electron chi connectivity index (χ4n) is 4.26. The Balaban J connectivity index is 2.35. The van der Waals surface area contributed by atoms with Gasteiger partial charge in [-0.05, 0) is 26.8 Å². The zero-order valence-electron chi connectivity index (χ0n) is 19.6. The summed E-state index contributed by atoms with van der Waals surface area (Å²) < 4.78 is 20.8. The van der Waals surface area contributed by atoms with E-state index < -0.39 is 48.1 Å². The Morgan fingerprint density at radius 1 is 1.06 bits per heavy atom. The van der Waals surface area contributed by atoms with Crippen LogP contribution in [0.3, 0.4) is 0 Å². The molecular formula is C24H25N3O8. The minimum Gasteiger partial charge on any atom is -0.466 e. The Morgan fingerprint density at radius 3 is 2.31 bits per heavy atom. The molecule has 0 unspecified atom stereocenters. The third kappa shape index (κ3) is 4.19. The predicted octanol–water partition coefficient (Wildman–Crippen LogP) is 1.33. The molecule has 35 heavy (non-hydrogen) atoms. The standard InChI is InChI=1S/C24H25N3O8/c1-4-32-18(28)11-17-20(22(30)34-6-3)24(15(12-25)21(26)35-17)14-9-7-8-10-16(14)27(23(24)31)13-19(29)33-5-2/h7-10H,4-6,11,13,26H2,1-3H3/t24-/m1/s1. The molecule has 11 heteroatoms. The van der Waals surface area contributed by atoms with Crippen molar-refractivity contribution in [1.82, 2.24) is 0 Å². The van der Waals surface area contributed by atoms with Crippen molar-refractivity contribution in [2.24, 2.45) is 5.73 Å². The van der Waals surface area contributed by atoms with Crippen molar-refractivity contribution in [3.05, 3.63) is 52.6 Å². The van der Waals surface area contributed by atoms with Gasteiger partial charge in [0.1, 0.15) is 35.9 Å². The summed E-state index contributed by atoms with van der Waals surface area (Å²) in [6, 6.07) is 8.23. The van der Waals surface area contributed by atoms with Crippen LogP contribution in [0.1, 0.15) is 32.8 Å². The lowest BCUT2D eigenvalue weighted by atomic mass is 9.68. The second-order valence-electron chi connectivity index (χ2n) is 7.42. The van der Waals surface area contributed by atoms with Gasteiger partial charge < -0.3 is 24.7 Å². The van der Waals surface area contributed by atoms with Gasteiger partial charge in [0, 0.05) is 11.3 Å². The van der Waals surface area contributed by atoms with Gasteiger partial charge in [-0.25, -0.2) is 4.79 Å². The molecule has 1 aromatic carbocycles. The average molecular weight is 483 g/mol. The molecule has 2 N–H and O–H groups in total. The molecule has 0 bridgehead atoms. The maximum atomic E-state index is 14.1. The highest BCUT2D eigenvalue weighted by Gasteiger charge is 2.62. The van der Waals surface area contributed by atoms with E-state index in [1.165, 1.54) is 6.07 Å². The minimum absolute atomic E-state index is 0.0610. The Morgan fingerprint density at radius 2 is 1.69 bits per heavy atom. The average Bonchev–Trinajstić information content (AvgIpc) is 3.03. The van der Waals surface area contributed by atoms with Gasteiger partial charge in [-0.3, -0.25) is 19.3 Å². The monoisotopic (exact) mass is 483 g/mol. The highest BCUT2D eigenvalue weighted by molar-refractivity contribution is 6.19. The van der Waals surface area contributed by atoms with Gasteiger partial charge in [0.2, 0.25) is 11.8 Å². The molecule has 1 spiro atoms. The Hall–Kier alpha value is -4.33. The van der Waals surface area contributed by atoms with Gasteiger partial charge in [0.25, 0.3) is 0 Å². The first-order valence-electron chi connectivity index (χ1n) is 11.0. The number of carbonyl (C=O) groups is 4. The number of hydrogen-bond donors (Lipinski definition) is 1. The number of nitrogens with two attached hydrogens (primary N) is 1. The summed E-state index contributed by atoms with van der Waals surface area (Å²) in [4.78, 5) is 53.2. The van der Waals surface area contributed by atoms with Crippen LogP contribution in [0.2, 0.25) is 0 Å². The van der Waals surface area contributed by atoms with E-state index in [1.807, 2.05) is 6.07 Å². The number of amides is 1. The van der Waals surface area contributed by atoms with Gasteiger partial charge in [-0.1, -0.05) is 18.2 Å². The van der Waals surface area contributed by atoms with Crippen LogP contribution in [0.4, 0.5) is 5.69 Å². The molecule has 2 heterocycles. The van der Waals surface area contributed by atoms with E-state index >= 15 is 0 Å². The quantitative estimate of drug-likeness (QED) is 0.422. The zero-order chi connectivity index (χ0) is 25.8. The smallest absolute Gasteiger partial charge is 0.339 e. The third-order valence-electron chi connectivity index (χ3n) is 5.47. The van der Waals surface area contributed by atoms with Crippen molar-refractivity contribution in [2.45, 2.75) is 32.6 Å². The highest BCUT2D eigenvalue weighted by Crippen LogP contribution is 2.54. The van der Waals surface area contributed by atoms with Crippen molar-refractivity contribution < 1.29 is 38.1 Å². The van der Waals surface area contributed by atoms with E-state index in [2.05, 4.69) is 0 Å². The van der Waals surface area contributed by atoms with E-state index in [-0.39, 0.29) is 48.0 Å². The number of para-hydroxylation sites is 1. The number of anilines is 1. The van der Waals surface area contributed by atoms with Crippen LogP contribution in [-0.4, -0.2) is 50.2 Å². The van der Waals surface area contributed by atoms with Crippen molar-refractivity contribution >= 4 is 29.5 Å². The van der Waals surface area contributed by atoms with Gasteiger partial charge in [-0.15, -0.1) is 0 Å². The summed E-state index contributed by atoms with van der Waals surface area (Å²) in [5.74, 6) is -3.95. The molecular weight excluding hydrogens is 458 g/mol. The number of rotatable bonds is 8. The molecule has 1 aromatic rings. The highest BCUT2D eigenvalue weighted by atomic mass is 16.5. The Kier molecular flexibility index (Phi) is 7.44. The first-order chi connectivity index (χ1) is 16.8. The summed E-state index contributed by atoms with van der Waals surface area (Å²) in [6.07, 6.45) is -0.545. The summed E-state index contributed by atoms with van der Waals surface area (Å²) in [7, 11) is 0. The molecule has 11 nitrogen and oxygen atoms in total. The predicted molar refractivity (Wildman–Crippen MR) is 120 cm³/mol. The normalized spacial score (nSPS) is 18.7. The van der Waals surface area contributed by atoms with Crippen molar-refractivity contribution in [3.8, 4) is 6.07 Å². The van der Waals surface area contributed by atoms with Gasteiger partial charge in [0.15, 0.2) is 5.41 Å². The molecule has 0 aliphatic carbocycles. The van der Waals surface area contributed by atoms with Gasteiger partial charge >= 0.3 is 17.9 Å². The number of ether oxygens (including phenoxy) is 4. The first kappa shape index (κ1) is 25.3. The van der Waals surface area contributed by atoms with E-state index in [1.54, 1.807) is 39.0 Å². The molecule has 2 aliphatic rings. The van der Waals surface area contributed by atoms with E-state index in [4.69, 9.17) is 24.7 Å². The van der Waals surface area contributed by atoms with Crippen molar-refractivity contribution in [1.29, 1.82) is 5.26 Å². The van der Waals surface area contributed by atoms with E-state index in [0.29, 0.717) is 0 Å². The second kappa shape index (κ2) is 10.3. The summed E-state index contributed by atoms with van der Waals surface area (Å²) >= 11 is 0. The molecule has 184 valence electrons. The van der Waals surface area contributed by atoms with Gasteiger partial charge in [-0.2, -0.15) is 5.26 Å². The Labute approximate surface area is 201 Å². The zero-order valence-corrected chi connectivity index (χ0v) is 19.6. The van der Waals surface area contributed by atoms with Crippen LogP contribution < -0.4 is 10.6 Å². The Bertz CT molecular complexity index is 1180. The third-order valence-corrected chi connectivity index (χ3v) is 5.47. The molecule has 2 aliphatic heterocycles. The summed E-state index contributed by atoms with van der Waals surface area (Å²) in [6.45, 7) is 4.41. The second-order valence-corrected chi connectivity index (χ2v) is 7.42. The maximum Gasteiger partial charge on any atom is 0.339 e. The molecule has 0 fully saturated rings. The molecule has 3 rings (SSSR count). The van der Waals surface area contributed by atoms with Crippen molar-refractivity contribution in [2.75, 3.05) is 31.3 Å². The maximum absolute atomic E-state index is 14.1. The summed E-state index contributed by atoms with van der Waals surface area (Å²) in [5, 5.41) is 10.1. The fourth-order valence-corrected chi connectivity index (χ4v) is 4.26. The number of hydrogen-bond acceptors (Lipinski definition) is 10. The van der Waals surface area contributed by atoms with E-state index in [9.17, 15) is 24.4 Å². The van der Waals surface area contributed by atoms with Crippen LogP contribution in [0, 0.1) is 11.3 Å². The minimum atomic E-state index is -2.10. The molecule has 1 amide bonds. The lowest BCUT2D eigenvalue weighted by molar-refractivity contribution is -0.143. The number of benzene rings is 1. The molecule has 0 saturated carbocycles. The SMILES string of the molecule is CCOC(=O)CC1=C(C(=O)OCC)[C@]2(C(=O)N(CC(=O)OCC)c3ccccc32)C(C#N)=C(N)O1. The molecule has 0 radical (unpaired) electrons. The number of nitriles is 1. The largest absolute Gasteiger partial charge is 0.466 e. The fraction of sp³-hybridized carbons (Fsp3) is 0.375. The molecule has 0 saturated heterocycles. The number of carbonyl (C=O) groups excluding carboxylic acids is 4. The molecule has 1 atom stereocenters. The van der Waals surface area contributed by atoms with Crippen molar-refractivity contribution in [3.63, 3.8) is 0 Å². The number of esters is 3. The molecule has 0 aromatic heterocycles. The van der Waals surface area contributed by atoms with Crippen LogP contribution >= 0.6 is 0 Å². The number of fused-ring (bicyclic) bond motifs is 2.